The van der Waals surface area contributed by atoms with E-state index >= 15 is 0 Å². The fraction of sp³-hybridized carbons (Fsp3) is 0.143. The van der Waals surface area contributed by atoms with Gasteiger partial charge in [0.25, 0.3) is 5.91 Å². The Morgan fingerprint density at radius 3 is 2.73 bits per heavy atom. The van der Waals surface area contributed by atoms with Gasteiger partial charge in [0, 0.05) is 35.3 Å². The molecule has 5 heteroatoms. The van der Waals surface area contributed by atoms with Crippen LogP contribution in [0.25, 0.3) is 17.0 Å². The molecule has 0 fully saturated rings. The van der Waals surface area contributed by atoms with Gasteiger partial charge >= 0.3 is 0 Å². The maximum absolute atomic E-state index is 11.9. The number of aromatic nitrogens is 1. The maximum Gasteiger partial charge on any atom is 0.267 e. The number of fused-ring (bicyclic) bond motifs is 1. The molecule has 0 saturated heterocycles. The summed E-state index contributed by atoms with van der Waals surface area (Å²) in [6.07, 6.45) is 5.60. The van der Waals surface area contributed by atoms with Crippen LogP contribution in [0.15, 0.2) is 66.9 Å². The number of nitrogens with zero attached hydrogens (tertiary/aromatic N) is 2. The highest BCUT2D eigenvalue weighted by Gasteiger charge is 2.06. The summed E-state index contributed by atoms with van der Waals surface area (Å²) in [6, 6.07) is 19.7. The molecule has 5 nitrogen and oxygen atoms in total. The van der Waals surface area contributed by atoms with Crippen LogP contribution >= 0.6 is 0 Å². The van der Waals surface area contributed by atoms with Gasteiger partial charge in [-0.05, 0) is 17.7 Å². The van der Waals surface area contributed by atoms with Gasteiger partial charge in [-0.25, -0.2) is 5.48 Å². The Balaban J connectivity index is 1.64. The zero-order valence-electron chi connectivity index (χ0n) is 14.3. The van der Waals surface area contributed by atoms with Crippen molar-refractivity contribution in [2.75, 3.05) is 0 Å². The van der Waals surface area contributed by atoms with Gasteiger partial charge in [0.15, 0.2) is 0 Å². The SMILES string of the molecule is N#CCCn1cc(C=CC(=O)NOCc2ccccc2)c2ccccc21. The summed E-state index contributed by atoms with van der Waals surface area (Å²) in [6.45, 7) is 0.936. The predicted octanol–water partition coefficient (Wildman–Crippen LogP) is 3.82. The first-order chi connectivity index (χ1) is 12.8. The van der Waals surface area contributed by atoms with Crippen molar-refractivity contribution >= 4 is 22.9 Å². The summed E-state index contributed by atoms with van der Waals surface area (Å²) >= 11 is 0. The molecule has 3 rings (SSSR count). The van der Waals surface area contributed by atoms with E-state index in [-0.39, 0.29) is 5.91 Å². The lowest BCUT2D eigenvalue weighted by Crippen LogP contribution is -2.21. The topological polar surface area (TPSA) is 67.0 Å². The van der Waals surface area contributed by atoms with E-state index in [1.807, 2.05) is 65.4 Å². The third-order valence-corrected chi connectivity index (χ3v) is 3.95. The lowest BCUT2D eigenvalue weighted by atomic mass is 10.1. The van der Waals surface area contributed by atoms with Gasteiger partial charge in [-0.15, -0.1) is 0 Å². The van der Waals surface area contributed by atoms with Gasteiger partial charge in [0.1, 0.15) is 0 Å². The molecule has 26 heavy (non-hydrogen) atoms. The minimum absolute atomic E-state index is 0.313. The normalized spacial score (nSPS) is 10.9. The Kier molecular flexibility index (Phi) is 5.81. The van der Waals surface area contributed by atoms with Crippen molar-refractivity contribution in [2.24, 2.45) is 0 Å². The summed E-state index contributed by atoms with van der Waals surface area (Å²) in [5, 5.41) is 9.84. The quantitative estimate of drug-likeness (QED) is 0.523. The van der Waals surface area contributed by atoms with E-state index in [2.05, 4.69) is 11.5 Å². The van der Waals surface area contributed by atoms with Crippen LogP contribution in [0.2, 0.25) is 0 Å². The van der Waals surface area contributed by atoms with Crippen LogP contribution in [0, 0.1) is 11.3 Å². The van der Waals surface area contributed by atoms with Gasteiger partial charge in [0.05, 0.1) is 19.1 Å². The number of hydrogen-bond acceptors (Lipinski definition) is 3. The number of aryl methyl sites for hydroxylation is 1. The summed E-state index contributed by atoms with van der Waals surface area (Å²) < 4.78 is 2.03. The highest BCUT2D eigenvalue weighted by molar-refractivity contribution is 5.96. The lowest BCUT2D eigenvalue weighted by molar-refractivity contribution is -0.129. The smallest absolute Gasteiger partial charge is 0.267 e. The van der Waals surface area contributed by atoms with E-state index in [1.165, 1.54) is 6.08 Å². The van der Waals surface area contributed by atoms with Crippen molar-refractivity contribution in [1.29, 1.82) is 5.26 Å². The molecule has 1 heterocycles. The minimum atomic E-state index is -0.324. The number of nitriles is 1. The highest BCUT2D eigenvalue weighted by atomic mass is 16.6. The van der Waals surface area contributed by atoms with Crippen molar-refractivity contribution in [3.63, 3.8) is 0 Å². The van der Waals surface area contributed by atoms with Crippen LogP contribution in [-0.2, 0) is 22.8 Å². The number of carbonyl (C=O) groups excluding carboxylic acids is 1. The summed E-state index contributed by atoms with van der Waals surface area (Å²) in [4.78, 5) is 17.2. The van der Waals surface area contributed by atoms with Crippen LogP contribution in [0.5, 0.6) is 0 Å². The fourth-order valence-electron chi connectivity index (χ4n) is 2.73. The summed E-state index contributed by atoms with van der Waals surface area (Å²) in [5.74, 6) is -0.324. The van der Waals surface area contributed by atoms with E-state index in [9.17, 15) is 4.79 Å². The van der Waals surface area contributed by atoms with Gasteiger partial charge in [-0.1, -0.05) is 48.5 Å². The molecule has 1 aromatic heterocycles. The van der Waals surface area contributed by atoms with Crippen molar-refractivity contribution in [1.82, 2.24) is 10.0 Å². The largest absolute Gasteiger partial charge is 0.346 e. The third kappa shape index (κ3) is 4.38. The van der Waals surface area contributed by atoms with Crippen molar-refractivity contribution < 1.29 is 9.63 Å². The lowest BCUT2D eigenvalue weighted by Gasteiger charge is -2.03. The van der Waals surface area contributed by atoms with Crippen LogP contribution < -0.4 is 5.48 Å². The van der Waals surface area contributed by atoms with Crippen LogP contribution in [-0.4, -0.2) is 10.5 Å². The van der Waals surface area contributed by atoms with Crippen LogP contribution in [0.1, 0.15) is 17.5 Å². The Morgan fingerprint density at radius 1 is 1.15 bits per heavy atom. The number of para-hydroxylation sites is 1. The first-order valence-electron chi connectivity index (χ1n) is 8.36. The Labute approximate surface area is 152 Å². The van der Waals surface area contributed by atoms with Crippen LogP contribution in [0.4, 0.5) is 0 Å². The highest BCUT2D eigenvalue weighted by Crippen LogP contribution is 2.22. The Bertz CT molecular complexity index is 952. The molecule has 0 unspecified atom stereocenters. The van der Waals surface area contributed by atoms with Gasteiger partial charge in [-0.3, -0.25) is 9.63 Å². The van der Waals surface area contributed by atoms with E-state index in [0.717, 1.165) is 22.0 Å². The van der Waals surface area contributed by atoms with Gasteiger partial charge in [-0.2, -0.15) is 5.26 Å². The minimum Gasteiger partial charge on any atom is -0.346 e. The monoisotopic (exact) mass is 345 g/mol. The molecule has 0 aliphatic rings. The summed E-state index contributed by atoms with van der Waals surface area (Å²) in [7, 11) is 0. The zero-order valence-corrected chi connectivity index (χ0v) is 14.3. The molecule has 0 saturated carbocycles. The number of nitrogens with one attached hydrogen (secondary N) is 1. The molecule has 0 spiro atoms. The van der Waals surface area contributed by atoms with E-state index in [4.69, 9.17) is 10.1 Å². The Hall–Kier alpha value is -3.36. The molecular weight excluding hydrogens is 326 g/mol. The molecule has 1 N–H and O–H groups in total. The number of hydroxylamine groups is 1. The fourth-order valence-corrected chi connectivity index (χ4v) is 2.73. The predicted molar refractivity (Wildman–Crippen MR) is 101 cm³/mol. The molecule has 0 radical (unpaired) electrons. The number of carbonyl (C=O) groups is 1. The first kappa shape index (κ1) is 17.5. The van der Waals surface area contributed by atoms with Gasteiger partial charge < -0.3 is 4.57 Å². The second-order valence-electron chi connectivity index (χ2n) is 5.78. The third-order valence-electron chi connectivity index (χ3n) is 3.95. The van der Waals surface area contributed by atoms with Crippen LogP contribution in [0.3, 0.4) is 0 Å². The number of hydrogen-bond donors (Lipinski definition) is 1. The van der Waals surface area contributed by atoms with E-state index in [0.29, 0.717) is 19.6 Å². The molecule has 0 bridgehead atoms. The van der Waals surface area contributed by atoms with E-state index < -0.39 is 0 Å². The molecule has 130 valence electrons. The second-order valence-corrected chi connectivity index (χ2v) is 5.78. The molecular formula is C21H19N3O2. The zero-order chi connectivity index (χ0) is 18.2. The average Bonchev–Trinajstić information content (AvgIpc) is 3.03. The standard InChI is InChI=1S/C21H19N3O2/c22-13-6-14-24-15-18(19-9-4-5-10-20(19)24)11-12-21(25)23-26-16-17-7-2-1-3-8-17/h1-5,7-12,15H,6,14,16H2,(H,23,25). The van der Waals surface area contributed by atoms with E-state index in [1.54, 1.807) is 6.08 Å². The maximum atomic E-state index is 11.9. The molecule has 0 aliphatic heterocycles. The first-order valence-corrected chi connectivity index (χ1v) is 8.36. The molecule has 0 atom stereocenters. The van der Waals surface area contributed by atoms with Crippen molar-refractivity contribution in [3.8, 4) is 6.07 Å². The van der Waals surface area contributed by atoms with Crippen molar-refractivity contribution in [3.05, 3.63) is 78.0 Å². The molecule has 2 aromatic carbocycles. The van der Waals surface area contributed by atoms with Crippen molar-refractivity contribution in [2.45, 2.75) is 19.6 Å². The summed E-state index contributed by atoms with van der Waals surface area (Å²) in [5.41, 5.74) is 5.37. The average molecular weight is 345 g/mol. The number of amides is 1. The number of rotatable bonds is 7. The second kappa shape index (κ2) is 8.65. The number of benzene rings is 2. The Morgan fingerprint density at radius 2 is 1.92 bits per heavy atom. The molecule has 1 amide bonds. The van der Waals surface area contributed by atoms with Gasteiger partial charge in [0.2, 0.25) is 0 Å². The molecule has 0 aliphatic carbocycles. The molecule has 3 aromatic rings.